The highest BCUT2D eigenvalue weighted by Gasteiger charge is 2.31. The van der Waals surface area contributed by atoms with Crippen molar-refractivity contribution in [1.29, 1.82) is 0 Å². The number of furan rings is 1. The van der Waals surface area contributed by atoms with Crippen molar-refractivity contribution < 1.29 is 22.5 Å². The number of hydrogen-bond acceptors (Lipinski definition) is 4. The summed E-state index contributed by atoms with van der Waals surface area (Å²) in [4.78, 5) is 15.8. The van der Waals surface area contributed by atoms with Crippen LogP contribution in [-0.2, 0) is 34.2 Å². The first kappa shape index (κ1) is 20.1. The van der Waals surface area contributed by atoms with Gasteiger partial charge in [0.2, 0.25) is 10.0 Å². The average Bonchev–Trinajstić information content (AvgIpc) is 3.39. The molecule has 2 aromatic rings. The number of amides is 1. The van der Waals surface area contributed by atoms with Gasteiger partial charge in [-0.25, -0.2) is 8.42 Å². The van der Waals surface area contributed by atoms with Gasteiger partial charge in [-0.2, -0.15) is 4.31 Å². The van der Waals surface area contributed by atoms with Crippen LogP contribution in [0.3, 0.4) is 0 Å². The third kappa shape index (κ3) is 4.39. The Balaban J connectivity index is 1.33. The van der Waals surface area contributed by atoms with Gasteiger partial charge in [0.25, 0.3) is 5.91 Å². The van der Waals surface area contributed by atoms with E-state index in [1.165, 1.54) is 9.87 Å². The molecule has 1 atom stereocenters. The molecule has 0 spiro atoms. The minimum atomic E-state index is -3.51. The number of fused-ring (bicyclic) bond motifs is 1. The molecule has 1 saturated heterocycles. The van der Waals surface area contributed by atoms with Crippen LogP contribution >= 0.6 is 0 Å². The highest BCUT2D eigenvalue weighted by Crippen LogP contribution is 2.26. The number of nitrogens with zero attached hydrogens (tertiary/aromatic N) is 2. The predicted molar refractivity (Wildman–Crippen MR) is 108 cm³/mol. The van der Waals surface area contributed by atoms with Crippen molar-refractivity contribution in [3.05, 3.63) is 53.5 Å². The number of rotatable bonds is 6. The summed E-state index contributed by atoms with van der Waals surface area (Å²) in [5, 5.41) is 0. The number of nitrogens with one attached hydrogen (secondary N) is 1. The quantitative estimate of drug-likeness (QED) is 0.733. The summed E-state index contributed by atoms with van der Waals surface area (Å²) in [7, 11) is -1.56. The highest BCUT2D eigenvalue weighted by atomic mass is 32.2. The molecular formula is C21H28N3O4S+. The molecule has 29 heavy (non-hydrogen) atoms. The highest BCUT2D eigenvalue weighted by molar-refractivity contribution is 7.89. The Kier molecular flexibility index (Phi) is 5.76. The fourth-order valence-corrected chi connectivity index (χ4v) is 5.65. The molecule has 1 unspecified atom stereocenters. The van der Waals surface area contributed by atoms with Crippen LogP contribution in [0, 0.1) is 0 Å². The summed E-state index contributed by atoms with van der Waals surface area (Å²) in [5.41, 5.74) is 2.42. The molecule has 1 aliphatic heterocycles. The molecule has 0 radical (unpaired) electrons. The molecule has 0 saturated carbocycles. The van der Waals surface area contributed by atoms with Crippen molar-refractivity contribution in [2.24, 2.45) is 0 Å². The minimum Gasteiger partial charge on any atom is -0.463 e. The fraction of sp³-hybridized carbons (Fsp3) is 0.476. The number of sulfonamides is 1. The van der Waals surface area contributed by atoms with E-state index in [0.717, 1.165) is 35.5 Å². The van der Waals surface area contributed by atoms with Gasteiger partial charge in [-0.05, 0) is 54.7 Å². The van der Waals surface area contributed by atoms with Crippen molar-refractivity contribution in [3.8, 4) is 0 Å². The van der Waals surface area contributed by atoms with E-state index in [2.05, 4.69) is 0 Å². The molecule has 0 bridgehead atoms. The van der Waals surface area contributed by atoms with Gasteiger partial charge in [0.05, 0.1) is 18.2 Å². The van der Waals surface area contributed by atoms with Gasteiger partial charge >= 0.3 is 0 Å². The van der Waals surface area contributed by atoms with Gasteiger partial charge in [-0.15, -0.1) is 0 Å². The van der Waals surface area contributed by atoms with E-state index in [0.29, 0.717) is 44.2 Å². The van der Waals surface area contributed by atoms with Crippen molar-refractivity contribution in [2.45, 2.75) is 30.7 Å². The molecule has 2 aliphatic rings. The number of piperazine rings is 1. The van der Waals surface area contributed by atoms with Crippen molar-refractivity contribution in [1.82, 2.24) is 9.21 Å². The van der Waals surface area contributed by atoms with Crippen LogP contribution in [0.25, 0.3) is 0 Å². The minimum absolute atomic E-state index is 0.0450. The zero-order valence-electron chi connectivity index (χ0n) is 16.8. The molecule has 7 nitrogen and oxygen atoms in total. The predicted octanol–water partition coefficient (Wildman–Crippen LogP) is 0.316. The molecule has 1 amide bonds. The largest absolute Gasteiger partial charge is 0.463 e. The lowest BCUT2D eigenvalue weighted by Gasteiger charge is -2.34. The second kappa shape index (κ2) is 8.30. The van der Waals surface area contributed by atoms with Gasteiger partial charge in [-0.3, -0.25) is 4.79 Å². The van der Waals surface area contributed by atoms with Crippen LogP contribution in [-0.4, -0.2) is 63.3 Å². The number of likely N-dealkylation sites (N-methyl/N-ethyl adjacent to an activating group) is 1. The first-order valence-electron chi connectivity index (χ1n) is 10.2. The zero-order valence-corrected chi connectivity index (χ0v) is 17.6. The third-order valence-electron chi connectivity index (χ3n) is 5.81. The van der Waals surface area contributed by atoms with E-state index in [4.69, 9.17) is 4.42 Å². The second-order valence-electron chi connectivity index (χ2n) is 7.96. The topological polar surface area (TPSA) is 75.3 Å². The Hall–Kier alpha value is -2.16. The van der Waals surface area contributed by atoms with E-state index in [9.17, 15) is 13.2 Å². The summed E-state index contributed by atoms with van der Waals surface area (Å²) in [6.07, 6.45) is 4.71. The van der Waals surface area contributed by atoms with E-state index in [-0.39, 0.29) is 5.91 Å². The van der Waals surface area contributed by atoms with E-state index in [1.54, 1.807) is 17.2 Å². The Morgan fingerprint density at radius 3 is 2.59 bits per heavy atom. The van der Waals surface area contributed by atoms with Crippen LogP contribution in [0.1, 0.15) is 23.3 Å². The first-order chi connectivity index (χ1) is 13.9. The maximum atomic E-state index is 13.0. The van der Waals surface area contributed by atoms with Crippen molar-refractivity contribution >= 4 is 15.9 Å². The normalized spacial score (nSPS) is 18.6. The Labute approximate surface area is 171 Å². The molecule has 1 aromatic carbocycles. The lowest BCUT2D eigenvalue weighted by atomic mass is 10.1. The summed E-state index contributed by atoms with van der Waals surface area (Å²) in [6, 6.07) is 9.25. The number of benzene rings is 1. The molecule has 156 valence electrons. The van der Waals surface area contributed by atoms with Gasteiger partial charge in [-0.1, -0.05) is 6.07 Å². The smallest absolute Gasteiger partial charge is 0.277 e. The molecular weight excluding hydrogens is 390 g/mol. The van der Waals surface area contributed by atoms with Gasteiger partial charge in [0.15, 0.2) is 12.3 Å². The zero-order chi connectivity index (χ0) is 20.4. The fourth-order valence-electron chi connectivity index (χ4n) is 4.18. The number of carbonyl (C=O) groups excluding carboxylic acids is 1. The summed E-state index contributed by atoms with van der Waals surface area (Å²) in [5.74, 6) is 0.893. The molecule has 1 N–H and O–H groups in total. The standard InChI is InChI=1S/C21H27N3O4S/c1-22(15-19-6-3-13-28-19)16-21(25)23-9-11-24(12-10-23)29(26,27)20-8-7-17-4-2-5-18(17)14-20/h3,6-8,13-14H,2,4-5,9-12,15-16H2,1H3/p+1. The lowest BCUT2D eigenvalue weighted by molar-refractivity contribution is -0.886. The Bertz CT molecular complexity index is 964. The third-order valence-corrected chi connectivity index (χ3v) is 7.70. The average molecular weight is 419 g/mol. The number of aryl methyl sites for hydroxylation is 2. The van der Waals surface area contributed by atoms with Crippen molar-refractivity contribution in [2.75, 3.05) is 39.8 Å². The summed E-state index contributed by atoms with van der Waals surface area (Å²) in [6.45, 7) is 2.53. The van der Waals surface area contributed by atoms with E-state index >= 15 is 0 Å². The van der Waals surface area contributed by atoms with Crippen LogP contribution in [0.15, 0.2) is 45.9 Å². The SMILES string of the molecule is C[NH+](CC(=O)N1CCN(S(=O)(=O)c2ccc3c(c2)CCC3)CC1)Cc1ccco1. The first-order valence-corrected chi connectivity index (χ1v) is 11.6. The Morgan fingerprint density at radius 1 is 1.10 bits per heavy atom. The maximum absolute atomic E-state index is 13.0. The molecule has 8 heteroatoms. The molecule has 1 aromatic heterocycles. The maximum Gasteiger partial charge on any atom is 0.277 e. The molecule has 2 heterocycles. The van der Waals surface area contributed by atoms with Gasteiger partial charge in [0, 0.05) is 26.2 Å². The van der Waals surface area contributed by atoms with Gasteiger partial charge in [0.1, 0.15) is 6.54 Å². The second-order valence-corrected chi connectivity index (χ2v) is 9.90. The number of quaternary nitrogens is 1. The lowest BCUT2D eigenvalue weighted by Crippen LogP contribution is -3.08. The van der Waals surface area contributed by atoms with E-state index in [1.807, 2.05) is 31.3 Å². The molecule has 1 aliphatic carbocycles. The summed E-state index contributed by atoms with van der Waals surface area (Å²) >= 11 is 0. The number of hydrogen-bond donors (Lipinski definition) is 1. The molecule has 4 rings (SSSR count). The van der Waals surface area contributed by atoms with Crippen LogP contribution in [0.2, 0.25) is 0 Å². The van der Waals surface area contributed by atoms with Gasteiger partial charge < -0.3 is 14.2 Å². The Morgan fingerprint density at radius 2 is 1.86 bits per heavy atom. The van der Waals surface area contributed by atoms with Crippen LogP contribution in [0.4, 0.5) is 0 Å². The monoisotopic (exact) mass is 418 g/mol. The summed E-state index contributed by atoms with van der Waals surface area (Å²) < 4.78 is 32.9. The van der Waals surface area contributed by atoms with Crippen molar-refractivity contribution in [3.63, 3.8) is 0 Å². The van der Waals surface area contributed by atoms with Crippen LogP contribution < -0.4 is 4.90 Å². The van der Waals surface area contributed by atoms with E-state index < -0.39 is 10.0 Å². The number of carbonyl (C=O) groups is 1. The van der Waals surface area contributed by atoms with Crippen LogP contribution in [0.5, 0.6) is 0 Å². The molecule has 1 fully saturated rings.